The fraction of sp³-hybridized carbons (Fsp3) is 0.647. The first-order chi connectivity index (χ1) is 11.1. The highest BCUT2D eigenvalue weighted by molar-refractivity contribution is 7.11. The normalized spacial score (nSPS) is 23.6. The Morgan fingerprint density at radius 2 is 2.22 bits per heavy atom. The summed E-state index contributed by atoms with van der Waals surface area (Å²) < 4.78 is 8.00. The van der Waals surface area contributed by atoms with E-state index >= 15 is 0 Å². The highest BCUT2D eigenvalue weighted by Crippen LogP contribution is 2.34. The Bertz CT molecular complexity index is 699. The minimum atomic E-state index is 0.107. The summed E-state index contributed by atoms with van der Waals surface area (Å²) in [5.74, 6) is 0. The maximum atomic E-state index is 6.04. The summed E-state index contributed by atoms with van der Waals surface area (Å²) in [6, 6.07) is 0.343. The highest BCUT2D eigenvalue weighted by atomic mass is 32.1. The van der Waals surface area contributed by atoms with E-state index in [1.807, 2.05) is 23.1 Å². The summed E-state index contributed by atoms with van der Waals surface area (Å²) in [7, 11) is 2.00. The van der Waals surface area contributed by atoms with Crippen LogP contribution in [0, 0.1) is 13.8 Å². The summed E-state index contributed by atoms with van der Waals surface area (Å²) in [6.45, 7) is 5.86. The second kappa shape index (κ2) is 6.00. The first-order valence-electron chi connectivity index (χ1n) is 8.46. The number of nitrogens with zero attached hydrogens (tertiary/aromatic N) is 3. The number of aryl methyl sites for hydroxylation is 4. The molecule has 0 amide bonds. The molecule has 2 aromatic heterocycles. The zero-order valence-corrected chi connectivity index (χ0v) is 14.9. The average molecular weight is 332 g/mol. The fourth-order valence-corrected chi connectivity index (χ4v) is 4.93. The van der Waals surface area contributed by atoms with Crippen LogP contribution >= 0.6 is 11.3 Å². The molecule has 124 valence electrons. The Kier molecular flexibility index (Phi) is 3.99. The SMILES string of the molecule is Cc1nn(C)c(C)c1[C@H]1OCC[C@@H]1NCc1nc2c(s1)CCC2. The van der Waals surface area contributed by atoms with Crippen LogP contribution in [0.3, 0.4) is 0 Å². The number of ether oxygens (including phenoxy) is 1. The lowest BCUT2D eigenvalue weighted by Crippen LogP contribution is -2.31. The largest absolute Gasteiger partial charge is 0.372 e. The first kappa shape index (κ1) is 15.3. The molecule has 0 spiro atoms. The molecule has 3 heterocycles. The maximum absolute atomic E-state index is 6.04. The Morgan fingerprint density at radius 3 is 2.96 bits per heavy atom. The Balaban J connectivity index is 1.47. The van der Waals surface area contributed by atoms with Gasteiger partial charge in [-0.25, -0.2) is 4.98 Å². The average Bonchev–Trinajstić information content (AvgIpc) is 3.22. The second-order valence-corrected chi connectivity index (χ2v) is 7.77. The Labute approximate surface area is 141 Å². The van der Waals surface area contributed by atoms with E-state index in [2.05, 4.69) is 24.3 Å². The van der Waals surface area contributed by atoms with Crippen molar-refractivity contribution in [1.82, 2.24) is 20.1 Å². The zero-order valence-electron chi connectivity index (χ0n) is 14.1. The van der Waals surface area contributed by atoms with Crippen LogP contribution in [-0.4, -0.2) is 27.4 Å². The summed E-state index contributed by atoms with van der Waals surface area (Å²) in [4.78, 5) is 6.29. The molecule has 23 heavy (non-hydrogen) atoms. The molecule has 0 unspecified atom stereocenters. The van der Waals surface area contributed by atoms with Crippen molar-refractivity contribution in [1.29, 1.82) is 0 Å². The molecule has 1 aliphatic carbocycles. The zero-order chi connectivity index (χ0) is 16.0. The van der Waals surface area contributed by atoms with E-state index in [1.165, 1.54) is 39.7 Å². The molecule has 0 bridgehead atoms. The monoisotopic (exact) mass is 332 g/mol. The van der Waals surface area contributed by atoms with E-state index < -0.39 is 0 Å². The molecule has 4 rings (SSSR count). The number of nitrogens with one attached hydrogen (secondary N) is 1. The van der Waals surface area contributed by atoms with Gasteiger partial charge in [-0.2, -0.15) is 5.10 Å². The number of rotatable bonds is 4. The van der Waals surface area contributed by atoms with Gasteiger partial charge in [0.05, 0.1) is 11.4 Å². The molecular formula is C17H24N4OS. The molecule has 5 nitrogen and oxygen atoms in total. The predicted molar refractivity (Wildman–Crippen MR) is 90.8 cm³/mol. The van der Waals surface area contributed by atoms with Crippen LogP contribution in [0.4, 0.5) is 0 Å². The second-order valence-electron chi connectivity index (χ2n) is 6.61. The smallest absolute Gasteiger partial charge is 0.107 e. The van der Waals surface area contributed by atoms with E-state index in [0.717, 1.165) is 31.7 Å². The van der Waals surface area contributed by atoms with E-state index in [1.54, 1.807) is 0 Å². The van der Waals surface area contributed by atoms with Crippen molar-refractivity contribution in [3.8, 4) is 0 Å². The predicted octanol–water partition coefficient (Wildman–Crippen LogP) is 2.60. The molecule has 0 aromatic carbocycles. The third kappa shape index (κ3) is 2.73. The van der Waals surface area contributed by atoms with Gasteiger partial charge in [0.1, 0.15) is 11.1 Å². The van der Waals surface area contributed by atoms with Crippen LogP contribution in [0.25, 0.3) is 0 Å². The number of fused-ring (bicyclic) bond motifs is 1. The summed E-state index contributed by atoms with van der Waals surface area (Å²) in [6.07, 6.45) is 4.81. The molecule has 2 aliphatic rings. The summed E-state index contributed by atoms with van der Waals surface area (Å²) in [5.41, 5.74) is 4.88. The van der Waals surface area contributed by atoms with Crippen LogP contribution < -0.4 is 5.32 Å². The van der Waals surface area contributed by atoms with E-state index in [9.17, 15) is 0 Å². The quantitative estimate of drug-likeness (QED) is 0.935. The van der Waals surface area contributed by atoms with Gasteiger partial charge < -0.3 is 10.1 Å². The molecule has 0 saturated carbocycles. The van der Waals surface area contributed by atoms with Crippen molar-refractivity contribution in [3.05, 3.63) is 32.5 Å². The summed E-state index contributed by atoms with van der Waals surface area (Å²) >= 11 is 1.88. The molecule has 2 atom stereocenters. The minimum absolute atomic E-state index is 0.107. The van der Waals surface area contributed by atoms with Crippen LogP contribution in [0.5, 0.6) is 0 Å². The Morgan fingerprint density at radius 1 is 1.35 bits per heavy atom. The van der Waals surface area contributed by atoms with Crippen molar-refractivity contribution in [3.63, 3.8) is 0 Å². The number of thiazole rings is 1. The van der Waals surface area contributed by atoms with Crippen molar-refractivity contribution in [2.45, 2.75) is 58.2 Å². The lowest BCUT2D eigenvalue weighted by molar-refractivity contribution is 0.0974. The molecule has 0 radical (unpaired) electrons. The molecule has 1 N–H and O–H groups in total. The fourth-order valence-electron chi connectivity index (χ4n) is 3.82. The molecule has 2 aromatic rings. The van der Waals surface area contributed by atoms with Gasteiger partial charge in [-0.05, 0) is 39.5 Å². The molecular weight excluding hydrogens is 308 g/mol. The van der Waals surface area contributed by atoms with Gasteiger partial charge in [-0.3, -0.25) is 4.68 Å². The van der Waals surface area contributed by atoms with Crippen LogP contribution in [0.15, 0.2) is 0 Å². The van der Waals surface area contributed by atoms with Crippen molar-refractivity contribution in [2.24, 2.45) is 7.05 Å². The van der Waals surface area contributed by atoms with Gasteiger partial charge in [-0.1, -0.05) is 0 Å². The van der Waals surface area contributed by atoms with Crippen molar-refractivity contribution < 1.29 is 4.74 Å². The van der Waals surface area contributed by atoms with Crippen LogP contribution in [-0.2, 0) is 31.2 Å². The minimum Gasteiger partial charge on any atom is -0.372 e. The van der Waals surface area contributed by atoms with Crippen LogP contribution in [0.1, 0.15) is 51.5 Å². The molecule has 6 heteroatoms. The van der Waals surface area contributed by atoms with Gasteiger partial charge in [0, 0.05) is 42.4 Å². The number of hydrogen-bond acceptors (Lipinski definition) is 5. The van der Waals surface area contributed by atoms with Gasteiger partial charge in [0.25, 0.3) is 0 Å². The standard InChI is InChI=1S/C17H24N4OS/c1-10-16(11(2)21(3)20-10)17-13(7-8-22-17)18-9-15-19-12-5-4-6-14(12)23-15/h13,17-18H,4-9H2,1-3H3/t13-,17-/m0/s1. The molecule has 1 fully saturated rings. The van der Waals surface area contributed by atoms with E-state index in [-0.39, 0.29) is 6.10 Å². The number of hydrogen-bond donors (Lipinski definition) is 1. The van der Waals surface area contributed by atoms with E-state index in [4.69, 9.17) is 9.72 Å². The maximum Gasteiger partial charge on any atom is 0.107 e. The lowest BCUT2D eigenvalue weighted by Gasteiger charge is -2.20. The van der Waals surface area contributed by atoms with Gasteiger partial charge in [0.2, 0.25) is 0 Å². The van der Waals surface area contributed by atoms with Gasteiger partial charge in [-0.15, -0.1) is 11.3 Å². The Hall–Kier alpha value is -1.24. The molecule has 1 aliphatic heterocycles. The third-order valence-corrected chi connectivity index (χ3v) is 6.25. The number of aromatic nitrogens is 3. The van der Waals surface area contributed by atoms with Crippen LogP contribution in [0.2, 0.25) is 0 Å². The lowest BCUT2D eigenvalue weighted by atomic mass is 10.0. The van der Waals surface area contributed by atoms with Gasteiger partial charge >= 0.3 is 0 Å². The van der Waals surface area contributed by atoms with Crippen molar-refractivity contribution in [2.75, 3.05) is 6.61 Å². The highest BCUT2D eigenvalue weighted by Gasteiger charge is 2.33. The first-order valence-corrected chi connectivity index (χ1v) is 9.27. The van der Waals surface area contributed by atoms with Gasteiger partial charge in [0.15, 0.2) is 0 Å². The van der Waals surface area contributed by atoms with E-state index in [0.29, 0.717) is 6.04 Å². The topological polar surface area (TPSA) is 52.0 Å². The molecule has 1 saturated heterocycles. The van der Waals surface area contributed by atoms with Crippen molar-refractivity contribution >= 4 is 11.3 Å². The third-order valence-electron chi connectivity index (χ3n) is 5.10. The summed E-state index contributed by atoms with van der Waals surface area (Å²) in [5, 5.41) is 9.45.